The maximum atomic E-state index is 13.1. The third kappa shape index (κ3) is 4.58. The van der Waals surface area contributed by atoms with E-state index in [2.05, 4.69) is 6.92 Å². The van der Waals surface area contributed by atoms with E-state index < -0.39 is 11.9 Å². The number of amides is 1. The summed E-state index contributed by atoms with van der Waals surface area (Å²) in [5, 5.41) is 10.6. The van der Waals surface area contributed by atoms with Gasteiger partial charge in [-0.25, -0.2) is 0 Å². The molecular weight excluding hydrogens is 362 g/mol. The molecule has 1 unspecified atom stereocenters. The summed E-state index contributed by atoms with van der Waals surface area (Å²) in [6.45, 7) is 4.62. The number of Topliss-reactive ketones (excluding diaryl/α,β-unsaturated/α-hetero) is 1. The van der Waals surface area contributed by atoms with Gasteiger partial charge in [0, 0.05) is 13.0 Å². The monoisotopic (exact) mass is 391 g/mol. The van der Waals surface area contributed by atoms with E-state index in [-0.39, 0.29) is 23.5 Å². The van der Waals surface area contributed by atoms with Gasteiger partial charge in [0.25, 0.3) is 5.91 Å². The van der Waals surface area contributed by atoms with Crippen molar-refractivity contribution in [3.05, 3.63) is 82.6 Å². The highest BCUT2D eigenvalue weighted by Gasteiger charge is 2.43. The van der Waals surface area contributed by atoms with Crippen LogP contribution in [0.15, 0.2) is 65.9 Å². The van der Waals surface area contributed by atoms with Crippen LogP contribution in [0.4, 0.5) is 0 Å². The van der Waals surface area contributed by atoms with Crippen LogP contribution in [0.3, 0.4) is 0 Å². The number of aryl methyl sites for hydroxylation is 2. The van der Waals surface area contributed by atoms with E-state index in [9.17, 15) is 14.7 Å². The number of aliphatic hydroxyl groups excluding tert-OH is 1. The average molecular weight is 392 g/mol. The van der Waals surface area contributed by atoms with Crippen molar-refractivity contribution in [1.29, 1.82) is 0 Å². The molecule has 0 saturated heterocycles. The Kier molecular flexibility index (Phi) is 6.86. The fourth-order valence-corrected chi connectivity index (χ4v) is 3.96. The maximum Gasteiger partial charge on any atom is 0.290 e. The summed E-state index contributed by atoms with van der Waals surface area (Å²) in [7, 11) is 0. The molecule has 0 saturated carbocycles. The molecule has 2 aromatic carbocycles. The van der Waals surface area contributed by atoms with Gasteiger partial charge in [0.1, 0.15) is 0 Å². The third-order valence-corrected chi connectivity index (χ3v) is 5.57. The molecule has 0 aromatic heterocycles. The van der Waals surface area contributed by atoms with Gasteiger partial charge in [-0.3, -0.25) is 9.59 Å². The average Bonchev–Trinajstić information content (AvgIpc) is 2.98. The van der Waals surface area contributed by atoms with Crippen LogP contribution >= 0.6 is 0 Å². The third-order valence-electron chi connectivity index (χ3n) is 5.57. The first-order valence-corrected chi connectivity index (χ1v) is 10.4. The van der Waals surface area contributed by atoms with Crippen molar-refractivity contribution in [1.82, 2.24) is 4.90 Å². The molecular formula is C25H29NO3. The van der Waals surface area contributed by atoms with Crippen molar-refractivity contribution < 1.29 is 14.7 Å². The fraction of sp³-hybridized carbons (Fsp3) is 0.360. The van der Waals surface area contributed by atoms with Gasteiger partial charge < -0.3 is 10.0 Å². The molecule has 3 rings (SSSR count). The first-order valence-electron chi connectivity index (χ1n) is 10.4. The minimum absolute atomic E-state index is 0.161. The van der Waals surface area contributed by atoms with Crippen molar-refractivity contribution in [3.8, 4) is 0 Å². The second kappa shape index (κ2) is 9.55. The molecule has 2 aromatic rings. The Labute approximate surface area is 172 Å². The normalized spacial score (nSPS) is 16.6. The Balaban J connectivity index is 1.90. The van der Waals surface area contributed by atoms with Gasteiger partial charge in [0.15, 0.2) is 11.5 Å². The standard InChI is InChI=1S/C25H29NO3/c1-3-4-10-17-26-23(20-14-9-8-11-18(20)2)22(24(28)25(26)29)21(27)16-15-19-12-6-5-7-13-19/h5-9,11-14,23,28H,3-4,10,15-17H2,1-2H3. The predicted octanol–water partition coefficient (Wildman–Crippen LogP) is 5.08. The van der Waals surface area contributed by atoms with E-state index in [1.54, 1.807) is 4.90 Å². The predicted molar refractivity (Wildman–Crippen MR) is 115 cm³/mol. The van der Waals surface area contributed by atoms with Crippen molar-refractivity contribution in [2.75, 3.05) is 6.54 Å². The number of carbonyl (C=O) groups is 2. The molecule has 1 aliphatic heterocycles. The second-order valence-electron chi connectivity index (χ2n) is 7.64. The summed E-state index contributed by atoms with van der Waals surface area (Å²) in [4.78, 5) is 27.7. The lowest BCUT2D eigenvalue weighted by atomic mass is 9.91. The molecule has 0 spiro atoms. The SMILES string of the molecule is CCCCCN1C(=O)C(O)=C(C(=O)CCc2ccccc2)C1c1ccccc1C. The summed E-state index contributed by atoms with van der Waals surface area (Å²) >= 11 is 0. The lowest BCUT2D eigenvalue weighted by Gasteiger charge is -2.28. The van der Waals surface area contributed by atoms with Crippen LogP contribution in [0.1, 0.15) is 55.3 Å². The molecule has 0 aliphatic carbocycles. The van der Waals surface area contributed by atoms with E-state index in [0.29, 0.717) is 13.0 Å². The number of ketones is 1. The van der Waals surface area contributed by atoms with E-state index in [4.69, 9.17) is 0 Å². The first kappa shape index (κ1) is 20.8. The number of aliphatic hydroxyl groups is 1. The minimum Gasteiger partial charge on any atom is -0.503 e. The van der Waals surface area contributed by atoms with Gasteiger partial charge in [-0.2, -0.15) is 0 Å². The zero-order chi connectivity index (χ0) is 20.8. The smallest absolute Gasteiger partial charge is 0.290 e. The van der Waals surface area contributed by atoms with Crippen LogP contribution in [0.2, 0.25) is 0 Å². The first-order chi connectivity index (χ1) is 14.0. The lowest BCUT2D eigenvalue weighted by Crippen LogP contribution is -2.32. The number of rotatable bonds is 9. The van der Waals surface area contributed by atoms with Crippen molar-refractivity contribution >= 4 is 11.7 Å². The molecule has 0 radical (unpaired) electrons. The summed E-state index contributed by atoms with van der Waals surface area (Å²) < 4.78 is 0. The Bertz CT molecular complexity index is 901. The molecule has 1 aliphatic rings. The van der Waals surface area contributed by atoms with Crippen LogP contribution in [-0.2, 0) is 16.0 Å². The van der Waals surface area contributed by atoms with Gasteiger partial charge in [0.05, 0.1) is 11.6 Å². The van der Waals surface area contributed by atoms with Crippen molar-refractivity contribution in [2.45, 2.75) is 52.0 Å². The Morgan fingerprint density at radius 3 is 2.41 bits per heavy atom. The van der Waals surface area contributed by atoms with Crippen LogP contribution < -0.4 is 0 Å². The second-order valence-corrected chi connectivity index (χ2v) is 7.64. The fourth-order valence-electron chi connectivity index (χ4n) is 3.96. The number of benzene rings is 2. The van der Waals surface area contributed by atoms with Crippen molar-refractivity contribution in [3.63, 3.8) is 0 Å². The van der Waals surface area contributed by atoms with Gasteiger partial charge in [-0.05, 0) is 36.5 Å². The molecule has 1 amide bonds. The quantitative estimate of drug-likeness (QED) is 0.606. The number of nitrogens with zero attached hydrogens (tertiary/aromatic N) is 1. The Morgan fingerprint density at radius 2 is 1.72 bits per heavy atom. The van der Waals surface area contributed by atoms with Gasteiger partial charge in [-0.1, -0.05) is 74.4 Å². The van der Waals surface area contributed by atoms with E-state index >= 15 is 0 Å². The zero-order valence-electron chi connectivity index (χ0n) is 17.2. The lowest BCUT2D eigenvalue weighted by molar-refractivity contribution is -0.129. The molecule has 0 fully saturated rings. The topological polar surface area (TPSA) is 57.6 Å². The van der Waals surface area contributed by atoms with Crippen molar-refractivity contribution in [2.24, 2.45) is 0 Å². The van der Waals surface area contributed by atoms with Crippen LogP contribution in [-0.4, -0.2) is 28.2 Å². The van der Waals surface area contributed by atoms with Crippen LogP contribution in [0.25, 0.3) is 0 Å². The van der Waals surface area contributed by atoms with Gasteiger partial charge in [-0.15, -0.1) is 0 Å². The molecule has 152 valence electrons. The largest absolute Gasteiger partial charge is 0.503 e. The number of hydrogen-bond acceptors (Lipinski definition) is 3. The van der Waals surface area contributed by atoms with E-state index in [1.165, 1.54) is 0 Å². The Hall–Kier alpha value is -2.88. The van der Waals surface area contributed by atoms with Crippen LogP contribution in [0, 0.1) is 6.92 Å². The van der Waals surface area contributed by atoms with Crippen LogP contribution in [0.5, 0.6) is 0 Å². The summed E-state index contributed by atoms with van der Waals surface area (Å²) in [6, 6.07) is 17.1. The van der Waals surface area contributed by atoms with Gasteiger partial charge in [0.2, 0.25) is 0 Å². The highest BCUT2D eigenvalue weighted by molar-refractivity contribution is 6.09. The molecule has 0 bridgehead atoms. The number of unbranched alkanes of at least 4 members (excludes halogenated alkanes) is 2. The zero-order valence-corrected chi connectivity index (χ0v) is 17.2. The molecule has 29 heavy (non-hydrogen) atoms. The maximum absolute atomic E-state index is 13.1. The summed E-state index contributed by atoms with van der Waals surface area (Å²) in [6.07, 6.45) is 3.74. The summed E-state index contributed by atoms with van der Waals surface area (Å²) in [5.74, 6) is -0.976. The van der Waals surface area contributed by atoms with E-state index in [1.807, 2.05) is 61.5 Å². The molecule has 4 nitrogen and oxygen atoms in total. The molecule has 1 N–H and O–H groups in total. The molecule has 4 heteroatoms. The highest BCUT2D eigenvalue weighted by atomic mass is 16.3. The minimum atomic E-state index is -0.510. The molecule has 1 heterocycles. The Morgan fingerprint density at radius 1 is 1.03 bits per heavy atom. The summed E-state index contributed by atoms with van der Waals surface area (Å²) in [5.41, 5.74) is 3.23. The highest BCUT2D eigenvalue weighted by Crippen LogP contribution is 2.39. The van der Waals surface area contributed by atoms with E-state index in [0.717, 1.165) is 36.0 Å². The number of carbonyl (C=O) groups excluding carboxylic acids is 2. The molecule has 1 atom stereocenters. The van der Waals surface area contributed by atoms with Gasteiger partial charge >= 0.3 is 0 Å². The number of hydrogen-bond donors (Lipinski definition) is 1.